The first-order valence-corrected chi connectivity index (χ1v) is 8.78. The highest BCUT2D eigenvalue weighted by molar-refractivity contribution is 7.92. The minimum Gasteiger partial charge on any atom is -0.465 e. The molecule has 0 amide bonds. The van der Waals surface area contributed by atoms with Crippen molar-refractivity contribution in [1.29, 1.82) is 0 Å². The van der Waals surface area contributed by atoms with Crippen LogP contribution in [-0.2, 0) is 19.6 Å². The monoisotopic (exact) mass is 364 g/mol. The van der Waals surface area contributed by atoms with E-state index in [0.29, 0.717) is 0 Å². The summed E-state index contributed by atoms with van der Waals surface area (Å²) in [6, 6.07) is 12.5. The van der Waals surface area contributed by atoms with Crippen LogP contribution in [-0.4, -0.2) is 32.5 Å². The quantitative estimate of drug-likeness (QED) is 0.424. The van der Waals surface area contributed by atoms with Gasteiger partial charge in [-0.15, -0.1) is 0 Å². The van der Waals surface area contributed by atoms with E-state index in [-0.39, 0.29) is 22.9 Å². The van der Waals surface area contributed by atoms with Crippen LogP contribution in [0.5, 0.6) is 0 Å². The maximum Gasteiger partial charge on any atom is 0.326 e. The highest BCUT2D eigenvalue weighted by atomic mass is 32.2. The number of anilines is 1. The lowest BCUT2D eigenvalue weighted by Crippen LogP contribution is -2.36. The van der Waals surface area contributed by atoms with Crippen LogP contribution in [0.1, 0.15) is 6.92 Å². The second kappa shape index (κ2) is 7.75. The summed E-state index contributed by atoms with van der Waals surface area (Å²) in [7, 11) is -4.04. The summed E-state index contributed by atoms with van der Waals surface area (Å²) >= 11 is 0. The molecule has 0 aromatic heterocycles. The molecule has 0 spiro atoms. The van der Waals surface area contributed by atoms with Gasteiger partial charge in [0.25, 0.3) is 15.7 Å². The number of non-ortho nitro benzene ring substituents is 1. The van der Waals surface area contributed by atoms with Crippen LogP contribution in [0, 0.1) is 10.1 Å². The van der Waals surface area contributed by atoms with Crippen LogP contribution in [0.3, 0.4) is 0 Å². The Hall–Kier alpha value is -2.94. The van der Waals surface area contributed by atoms with Gasteiger partial charge in [0.2, 0.25) is 0 Å². The van der Waals surface area contributed by atoms with Crippen molar-refractivity contribution in [3.63, 3.8) is 0 Å². The SMILES string of the molecule is CCOC(=O)CN(c1ccc([N+](=O)[O-])cc1)S(=O)(=O)c1ccccc1. The van der Waals surface area contributed by atoms with Gasteiger partial charge in [-0.2, -0.15) is 0 Å². The number of ether oxygens (including phenoxy) is 1. The molecule has 0 N–H and O–H groups in total. The first kappa shape index (κ1) is 18.4. The van der Waals surface area contributed by atoms with Crippen LogP contribution in [0.2, 0.25) is 0 Å². The molecule has 0 heterocycles. The molecule has 0 radical (unpaired) electrons. The van der Waals surface area contributed by atoms with Gasteiger partial charge < -0.3 is 4.74 Å². The van der Waals surface area contributed by atoms with Crippen LogP contribution in [0.4, 0.5) is 11.4 Å². The van der Waals surface area contributed by atoms with Crippen LogP contribution in [0.15, 0.2) is 59.5 Å². The summed E-state index contributed by atoms with van der Waals surface area (Å²) in [5.74, 6) is -0.722. The fraction of sp³-hybridized carbons (Fsp3) is 0.188. The molecule has 0 fully saturated rings. The molecule has 0 atom stereocenters. The minimum absolute atomic E-state index is 0.00217. The number of benzene rings is 2. The molecule has 0 saturated carbocycles. The predicted molar refractivity (Wildman–Crippen MR) is 90.7 cm³/mol. The number of sulfonamides is 1. The number of hydrogen-bond acceptors (Lipinski definition) is 6. The molecular weight excluding hydrogens is 348 g/mol. The van der Waals surface area contributed by atoms with Crippen molar-refractivity contribution >= 4 is 27.4 Å². The fourth-order valence-electron chi connectivity index (χ4n) is 2.10. The zero-order chi connectivity index (χ0) is 18.4. The number of esters is 1. The minimum atomic E-state index is -4.04. The number of carbonyl (C=O) groups excluding carboxylic acids is 1. The molecule has 2 aromatic rings. The maximum absolute atomic E-state index is 12.9. The first-order chi connectivity index (χ1) is 11.9. The number of rotatable bonds is 7. The third-order valence-corrected chi connectivity index (χ3v) is 5.05. The van der Waals surface area contributed by atoms with Gasteiger partial charge in [-0.25, -0.2) is 8.42 Å². The number of hydrogen-bond donors (Lipinski definition) is 0. The maximum atomic E-state index is 12.9. The number of nitro benzene ring substituents is 1. The van der Waals surface area contributed by atoms with E-state index < -0.39 is 27.5 Å². The molecule has 2 aromatic carbocycles. The molecule has 9 heteroatoms. The highest BCUT2D eigenvalue weighted by Crippen LogP contribution is 2.25. The molecule has 0 unspecified atom stereocenters. The number of nitrogens with zero attached hydrogens (tertiary/aromatic N) is 2. The van der Waals surface area contributed by atoms with Crippen molar-refractivity contribution in [1.82, 2.24) is 0 Å². The molecule has 8 nitrogen and oxygen atoms in total. The van der Waals surface area contributed by atoms with E-state index in [9.17, 15) is 23.3 Å². The van der Waals surface area contributed by atoms with Gasteiger partial charge in [0.15, 0.2) is 0 Å². The summed E-state index contributed by atoms with van der Waals surface area (Å²) < 4.78 is 31.4. The van der Waals surface area contributed by atoms with Crippen molar-refractivity contribution in [2.45, 2.75) is 11.8 Å². The second-order valence-corrected chi connectivity index (χ2v) is 6.77. The van der Waals surface area contributed by atoms with E-state index in [0.717, 1.165) is 4.31 Å². The van der Waals surface area contributed by atoms with Gasteiger partial charge in [0.1, 0.15) is 6.54 Å². The normalized spacial score (nSPS) is 10.9. The molecule has 25 heavy (non-hydrogen) atoms. The van der Waals surface area contributed by atoms with Gasteiger partial charge in [-0.05, 0) is 31.2 Å². The number of nitro groups is 1. The van der Waals surface area contributed by atoms with E-state index in [2.05, 4.69) is 0 Å². The summed E-state index contributed by atoms with van der Waals surface area (Å²) in [6.45, 7) is 1.18. The lowest BCUT2D eigenvalue weighted by molar-refractivity contribution is -0.384. The average molecular weight is 364 g/mol. The van der Waals surface area contributed by atoms with Crippen LogP contribution in [0.25, 0.3) is 0 Å². The van der Waals surface area contributed by atoms with Gasteiger partial charge in [0.05, 0.1) is 22.1 Å². The van der Waals surface area contributed by atoms with Crippen molar-refractivity contribution < 1.29 is 22.9 Å². The summed E-state index contributed by atoms with van der Waals surface area (Å²) in [5, 5.41) is 10.8. The summed E-state index contributed by atoms with van der Waals surface area (Å²) in [6.07, 6.45) is 0. The Kier molecular flexibility index (Phi) is 5.71. The van der Waals surface area contributed by atoms with E-state index >= 15 is 0 Å². The fourth-order valence-corrected chi connectivity index (χ4v) is 3.53. The Morgan fingerprint density at radius 1 is 1.12 bits per heavy atom. The van der Waals surface area contributed by atoms with E-state index in [4.69, 9.17) is 4.74 Å². The zero-order valence-corrected chi connectivity index (χ0v) is 14.2. The Balaban J connectivity index is 2.46. The van der Waals surface area contributed by atoms with Gasteiger partial charge in [0, 0.05) is 12.1 Å². The average Bonchev–Trinajstić information content (AvgIpc) is 2.60. The van der Waals surface area contributed by atoms with Gasteiger partial charge in [-0.1, -0.05) is 18.2 Å². The van der Waals surface area contributed by atoms with Gasteiger partial charge in [-0.3, -0.25) is 19.2 Å². The Labute approximate surface area is 144 Å². The van der Waals surface area contributed by atoms with Gasteiger partial charge >= 0.3 is 5.97 Å². The smallest absolute Gasteiger partial charge is 0.326 e. The van der Waals surface area contributed by atoms with Crippen molar-refractivity contribution in [3.05, 3.63) is 64.7 Å². The topological polar surface area (TPSA) is 107 Å². The Morgan fingerprint density at radius 2 is 1.72 bits per heavy atom. The lowest BCUT2D eigenvalue weighted by Gasteiger charge is -2.23. The molecule has 2 rings (SSSR count). The summed E-state index contributed by atoms with van der Waals surface area (Å²) in [4.78, 5) is 22.0. The highest BCUT2D eigenvalue weighted by Gasteiger charge is 2.27. The largest absolute Gasteiger partial charge is 0.465 e. The molecule has 0 aliphatic heterocycles. The summed E-state index contributed by atoms with van der Waals surface area (Å²) in [5.41, 5.74) is -0.0561. The zero-order valence-electron chi connectivity index (χ0n) is 13.4. The van der Waals surface area contributed by atoms with Crippen LogP contribution >= 0.6 is 0 Å². The third kappa shape index (κ3) is 4.32. The van der Waals surface area contributed by atoms with Crippen molar-refractivity contribution in [2.24, 2.45) is 0 Å². The molecule has 0 aliphatic carbocycles. The van der Waals surface area contributed by atoms with E-state index in [1.54, 1.807) is 25.1 Å². The predicted octanol–water partition coefficient (Wildman–Crippen LogP) is 2.35. The molecule has 0 saturated heterocycles. The Bertz CT molecular complexity index is 850. The molecule has 132 valence electrons. The molecule has 0 aliphatic rings. The lowest BCUT2D eigenvalue weighted by atomic mass is 10.3. The standard InChI is InChI=1S/C16H16N2O6S/c1-2-24-16(19)12-17(13-8-10-14(11-9-13)18(20)21)25(22,23)15-6-4-3-5-7-15/h3-11H,2,12H2,1H3. The molecule has 0 bridgehead atoms. The second-order valence-electron chi connectivity index (χ2n) is 4.90. The Morgan fingerprint density at radius 3 is 2.24 bits per heavy atom. The van der Waals surface area contributed by atoms with E-state index in [1.165, 1.54) is 36.4 Å². The van der Waals surface area contributed by atoms with Crippen molar-refractivity contribution in [3.8, 4) is 0 Å². The van der Waals surface area contributed by atoms with Crippen molar-refractivity contribution in [2.75, 3.05) is 17.5 Å². The third-order valence-electron chi connectivity index (χ3n) is 3.26. The van der Waals surface area contributed by atoms with Crippen LogP contribution < -0.4 is 4.31 Å². The first-order valence-electron chi connectivity index (χ1n) is 7.34. The number of carbonyl (C=O) groups is 1. The van der Waals surface area contributed by atoms with E-state index in [1.807, 2.05) is 0 Å². The molecular formula is C16H16N2O6S.